The van der Waals surface area contributed by atoms with Crippen molar-refractivity contribution in [3.63, 3.8) is 0 Å². The lowest BCUT2D eigenvalue weighted by molar-refractivity contribution is 1.53. The van der Waals surface area contributed by atoms with E-state index in [-0.39, 0.29) is 0 Å². The van der Waals surface area contributed by atoms with Crippen LogP contribution in [0.5, 0.6) is 0 Å². The van der Waals surface area contributed by atoms with Gasteiger partial charge in [-0.2, -0.15) is 16.1 Å². The minimum absolute atomic E-state index is 0.828. The standard InChI is InChI=1S/C5H8N2S2/c1-8-3-5-4(6)2-7-9-5/h2H,3,6H2,1H3. The van der Waals surface area contributed by atoms with Crippen molar-refractivity contribution in [2.24, 2.45) is 0 Å². The Bertz CT molecular complexity index is 185. The highest BCUT2D eigenvalue weighted by Gasteiger charge is 1.98. The summed E-state index contributed by atoms with van der Waals surface area (Å²) in [5.41, 5.74) is 6.39. The van der Waals surface area contributed by atoms with Crippen molar-refractivity contribution in [3.8, 4) is 0 Å². The third-order valence-electron chi connectivity index (χ3n) is 0.952. The van der Waals surface area contributed by atoms with Crippen molar-refractivity contribution < 1.29 is 0 Å². The molecule has 0 unspecified atom stereocenters. The predicted octanol–water partition coefficient (Wildman–Crippen LogP) is 1.59. The zero-order valence-corrected chi connectivity index (χ0v) is 6.76. The largest absolute Gasteiger partial charge is 0.397 e. The first-order valence-corrected chi connectivity index (χ1v) is 4.69. The Morgan fingerprint density at radius 3 is 3.11 bits per heavy atom. The first kappa shape index (κ1) is 6.89. The smallest absolute Gasteiger partial charge is 0.0668 e. The van der Waals surface area contributed by atoms with Gasteiger partial charge in [0.25, 0.3) is 0 Å². The van der Waals surface area contributed by atoms with Crippen molar-refractivity contribution in [2.75, 3.05) is 12.0 Å². The zero-order valence-electron chi connectivity index (χ0n) is 5.13. The number of hydrogen-bond acceptors (Lipinski definition) is 4. The maximum absolute atomic E-state index is 5.56. The topological polar surface area (TPSA) is 38.9 Å². The maximum Gasteiger partial charge on any atom is 0.0668 e. The van der Waals surface area contributed by atoms with Gasteiger partial charge in [0, 0.05) is 5.75 Å². The van der Waals surface area contributed by atoms with E-state index < -0.39 is 0 Å². The highest BCUT2D eigenvalue weighted by molar-refractivity contribution is 7.97. The van der Waals surface area contributed by atoms with Crippen LogP contribution in [0.2, 0.25) is 0 Å². The minimum atomic E-state index is 0.828. The monoisotopic (exact) mass is 160 g/mol. The minimum Gasteiger partial charge on any atom is -0.397 e. The Hall–Kier alpha value is -0.220. The van der Waals surface area contributed by atoms with Gasteiger partial charge >= 0.3 is 0 Å². The highest BCUT2D eigenvalue weighted by Crippen LogP contribution is 2.19. The number of rotatable bonds is 2. The summed E-state index contributed by atoms with van der Waals surface area (Å²) < 4.78 is 3.94. The lowest BCUT2D eigenvalue weighted by atomic mass is 10.5. The molecule has 0 aliphatic carbocycles. The summed E-state index contributed by atoms with van der Waals surface area (Å²) >= 11 is 3.24. The fraction of sp³-hybridized carbons (Fsp3) is 0.400. The van der Waals surface area contributed by atoms with E-state index in [1.807, 2.05) is 0 Å². The van der Waals surface area contributed by atoms with Crippen molar-refractivity contribution >= 4 is 29.0 Å². The molecule has 0 aliphatic heterocycles. The Balaban J connectivity index is 2.69. The molecule has 50 valence electrons. The van der Waals surface area contributed by atoms with Gasteiger partial charge in [0.1, 0.15) is 0 Å². The van der Waals surface area contributed by atoms with Gasteiger partial charge in [-0.1, -0.05) is 0 Å². The summed E-state index contributed by atoms with van der Waals surface area (Å²) in [7, 11) is 0. The Morgan fingerprint density at radius 1 is 1.89 bits per heavy atom. The summed E-state index contributed by atoms with van der Waals surface area (Å²) in [5.74, 6) is 0.983. The van der Waals surface area contributed by atoms with Gasteiger partial charge < -0.3 is 5.73 Å². The van der Waals surface area contributed by atoms with E-state index in [1.165, 1.54) is 16.4 Å². The van der Waals surface area contributed by atoms with Gasteiger partial charge in [-0.3, -0.25) is 0 Å². The third-order valence-corrected chi connectivity index (χ3v) is 2.52. The molecule has 0 radical (unpaired) electrons. The van der Waals surface area contributed by atoms with Crippen molar-refractivity contribution in [3.05, 3.63) is 11.1 Å². The van der Waals surface area contributed by atoms with Crippen molar-refractivity contribution in [2.45, 2.75) is 5.75 Å². The first-order valence-electron chi connectivity index (χ1n) is 2.52. The van der Waals surface area contributed by atoms with Crippen LogP contribution < -0.4 is 5.73 Å². The van der Waals surface area contributed by atoms with Gasteiger partial charge in [0.05, 0.1) is 16.8 Å². The molecule has 2 nitrogen and oxygen atoms in total. The number of hydrogen-bond donors (Lipinski definition) is 1. The Labute approximate surface area is 62.6 Å². The molecule has 4 heteroatoms. The van der Waals surface area contributed by atoms with E-state index >= 15 is 0 Å². The SMILES string of the molecule is CSCc1sncc1N. The van der Waals surface area contributed by atoms with Crippen molar-refractivity contribution in [1.29, 1.82) is 0 Å². The number of nitrogens with two attached hydrogens (primary N) is 1. The molecule has 0 amide bonds. The fourth-order valence-corrected chi connectivity index (χ4v) is 1.96. The normalized spacial score (nSPS) is 9.89. The second kappa shape index (κ2) is 3.08. The lowest BCUT2D eigenvalue weighted by Crippen LogP contribution is -1.84. The van der Waals surface area contributed by atoms with Gasteiger partial charge in [-0.05, 0) is 17.8 Å². The first-order chi connectivity index (χ1) is 4.34. The molecule has 1 rings (SSSR count). The van der Waals surface area contributed by atoms with E-state index in [4.69, 9.17) is 5.73 Å². The maximum atomic E-state index is 5.56. The van der Waals surface area contributed by atoms with Gasteiger partial charge in [0.15, 0.2) is 0 Å². The van der Waals surface area contributed by atoms with E-state index in [0.717, 1.165) is 11.4 Å². The summed E-state index contributed by atoms with van der Waals surface area (Å²) in [5, 5.41) is 0. The van der Waals surface area contributed by atoms with Crippen LogP contribution in [0.25, 0.3) is 0 Å². The van der Waals surface area contributed by atoms with Crippen LogP contribution in [0, 0.1) is 0 Å². The second-order valence-corrected chi connectivity index (χ2v) is 3.39. The summed E-state index contributed by atoms with van der Waals surface area (Å²) in [4.78, 5) is 1.18. The molecular formula is C5H8N2S2. The van der Waals surface area contributed by atoms with E-state index in [2.05, 4.69) is 10.6 Å². The molecule has 0 aliphatic rings. The molecule has 0 saturated heterocycles. The average Bonchev–Trinajstić information content (AvgIpc) is 2.18. The Morgan fingerprint density at radius 2 is 2.67 bits per heavy atom. The molecule has 1 heterocycles. The van der Waals surface area contributed by atoms with Crippen LogP contribution in [0.1, 0.15) is 4.88 Å². The van der Waals surface area contributed by atoms with E-state index in [1.54, 1.807) is 18.0 Å². The van der Waals surface area contributed by atoms with Crippen LogP contribution in [-0.4, -0.2) is 10.6 Å². The molecule has 0 spiro atoms. The van der Waals surface area contributed by atoms with Crippen LogP contribution in [0.15, 0.2) is 6.20 Å². The van der Waals surface area contributed by atoms with Crippen LogP contribution in [-0.2, 0) is 5.75 Å². The third kappa shape index (κ3) is 1.59. The number of nitrogens with zero attached hydrogens (tertiary/aromatic N) is 1. The molecule has 0 bridgehead atoms. The molecule has 1 aromatic heterocycles. The zero-order chi connectivity index (χ0) is 6.69. The molecule has 0 aromatic carbocycles. The summed E-state index contributed by atoms with van der Waals surface area (Å²) in [6.45, 7) is 0. The molecular weight excluding hydrogens is 152 g/mol. The number of thioether (sulfide) groups is 1. The molecule has 2 N–H and O–H groups in total. The molecule has 0 atom stereocenters. The van der Waals surface area contributed by atoms with Crippen LogP contribution >= 0.6 is 23.3 Å². The average molecular weight is 160 g/mol. The molecule has 0 saturated carbocycles. The van der Waals surface area contributed by atoms with Gasteiger partial charge in [-0.15, -0.1) is 0 Å². The Kier molecular flexibility index (Phi) is 2.36. The number of anilines is 1. The van der Waals surface area contributed by atoms with Crippen LogP contribution in [0.4, 0.5) is 5.69 Å². The highest BCUT2D eigenvalue weighted by atomic mass is 32.2. The quantitative estimate of drug-likeness (QED) is 0.714. The fourth-order valence-electron chi connectivity index (χ4n) is 0.512. The molecule has 0 fully saturated rings. The molecule has 9 heavy (non-hydrogen) atoms. The summed E-state index contributed by atoms with van der Waals surface area (Å²) in [6.07, 6.45) is 3.76. The lowest BCUT2D eigenvalue weighted by Gasteiger charge is -1.90. The van der Waals surface area contributed by atoms with Gasteiger partial charge in [0.2, 0.25) is 0 Å². The number of aromatic nitrogens is 1. The number of nitrogen functional groups attached to an aromatic ring is 1. The van der Waals surface area contributed by atoms with E-state index in [9.17, 15) is 0 Å². The summed E-state index contributed by atoms with van der Waals surface area (Å²) in [6, 6.07) is 0. The second-order valence-electron chi connectivity index (χ2n) is 1.64. The van der Waals surface area contributed by atoms with Crippen molar-refractivity contribution in [1.82, 2.24) is 4.37 Å². The predicted molar refractivity (Wildman–Crippen MR) is 43.7 cm³/mol. The van der Waals surface area contributed by atoms with Gasteiger partial charge in [-0.25, -0.2) is 0 Å². The van der Waals surface area contributed by atoms with Crippen LogP contribution in [0.3, 0.4) is 0 Å². The van der Waals surface area contributed by atoms with E-state index in [0.29, 0.717) is 0 Å². The molecule has 1 aromatic rings.